The van der Waals surface area contributed by atoms with Gasteiger partial charge < -0.3 is 31.2 Å². The number of primary amides is 1. The molecule has 0 saturated heterocycles. The summed E-state index contributed by atoms with van der Waals surface area (Å²) in [6.07, 6.45) is 1.54. The first kappa shape index (κ1) is 18.5. The molecule has 4 amide bonds. The van der Waals surface area contributed by atoms with Gasteiger partial charge in [0.2, 0.25) is 0 Å². The van der Waals surface area contributed by atoms with E-state index < -0.39 is 6.03 Å². The summed E-state index contributed by atoms with van der Waals surface area (Å²) in [6.45, 7) is 5.70. The molecular weight excluding hydrogens is 264 g/mol. The maximum Gasteiger partial charge on any atom is 0.314 e. The Bertz CT molecular complexity index is 264. The average Bonchev–Trinajstić information content (AvgIpc) is 2.41. The summed E-state index contributed by atoms with van der Waals surface area (Å²) >= 11 is 0. The van der Waals surface area contributed by atoms with E-state index in [1.807, 2.05) is 6.92 Å². The predicted octanol–water partition coefficient (Wildman–Crippen LogP) is -0.213. The zero-order valence-corrected chi connectivity index (χ0v) is 12.1. The van der Waals surface area contributed by atoms with Crippen LogP contribution in [0.2, 0.25) is 0 Å². The number of carbonyl (C=O) groups is 2. The Morgan fingerprint density at radius 3 is 2.15 bits per heavy atom. The summed E-state index contributed by atoms with van der Waals surface area (Å²) in [6, 6.07) is -0.749. The summed E-state index contributed by atoms with van der Waals surface area (Å²) < 4.78 is 10.3. The van der Waals surface area contributed by atoms with Gasteiger partial charge in [0.15, 0.2) is 0 Å². The van der Waals surface area contributed by atoms with E-state index in [0.717, 1.165) is 12.8 Å². The largest absolute Gasteiger partial charge is 0.379 e. The molecule has 20 heavy (non-hydrogen) atoms. The topological polar surface area (TPSA) is 115 Å². The summed E-state index contributed by atoms with van der Waals surface area (Å²) in [5.41, 5.74) is 4.91. The highest BCUT2D eigenvalue weighted by molar-refractivity contribution is 5.73. The van der Waals surface area contributed by atoms with Crippen LogP contribution in [0.3, 0.4) is 0 Å². The van der Waals surface area contributed by atoms with Crippen LogP contribution in [-0.2, 0) is 9.47 Å². The second kappa shape index (κ2) is 13.9. The van der Waals surface area contributed by atoms with E-state index >= 15 is 0 Å². The highest BCUT2D eigenvalue weighted by Gasteiger charge is 1.98. The molecule has 0 spiro atoms. The van der Waals surface area contributed by atoms with Crippen molar-refractivity contribution < 1.29 is 19.1 Å². The predicted molar refractivity (Wildman–Crippen MR) is 75.5 cm³/mol. The number of hydrogen-bond acceptors (Lipinski definition) is 4. The van der Waals surface area contributed by atoms with Crippen LogP contribution >= 0.6 is 0 Å². The molecule has 0 aliphatic heterocycles. The van der Waals surface area contributed by atoms with Gasteiger partial charge in [-0.3, -0.25) is 0 Å². The fourth-order valence-electron chi connectivity index (χ4n) is 1.33. The molecule has 0 aromatic heterocycles. The molecule has 0 aliphatic carbocycles. The zero-order valence-electron chi connectivity index (χ0n) is 12.1. The smallest absolute Gasteiger partial charge is 0.314 e. The molecule has 0 unspecified atom stereocenters. The van der Waals surface area contributed by atoms with Crippen molar-refractivity contribution in [2.24, 2.45) is 5.73 Å². The van der Waals surface area contributed by atoms with Crippen molar-refractivity contribution >= 4 is 12.1 Å². The number of hydrogen-bond donors (Lipinski definition) is 4. The van der Waals surface area contributed by atoms with Gasteiger partial charge in [-0.1, -0.05) is 0 Å². The molecule has 0 atom stereocenters. The first-order chi connectivity index (χ1) is 9.66. The molecule has 0 rings (SSSR count). The molecule has 0 aliphatic rings. The number of nitrogens with two attached hydrogens (primary N) is 1. The number of urea groups is 2. The van der Waals surface area contributed by atoms with E-state index in [1.54, 1.807) is 0 Å². The molecule has 118 valence electrons. The minimum absolute atomic E-state index is 0.221. The van der Waals surface area contributed by atoms with Crippen LogP contribution in [0.4, 0.5) is 9.59 Å². The van der Waals surface area contributed by atoms with E-state index in [4.69, 9.17) is 15.2 Å². The third kappa shape index (κ3) is 14.5. The Morgan fingerprint density at radius 2 is 1.50 bits per heavy atom. The SMILES string of the molecule is CCOCCOCCNC(=O)NCCCCNC(N)=O. The molecule has 0 fully saturated rings. The standard InChI is InChI=1S/C12H26N4O4/c1-2-19-9-10-20-8-7-16-12(18)15-6-4-3-5-14-11(13)17/h2-10H2,1H3,(H3,13,14,17)(H2,15,16,18). The van der Waals surface area contributed by atoms with Crippen LogP contribution < -0.4 is 21.7 Å². The van der Waals surface area contributed by atoms with E-state index in [-0.39, 0.29) is 6.03 Å². The lowest BCUT2D eigenvalue weighted by atomic mass is 10.3. The lowest BCUT2D eigenvalue weighted by Gasteiger charge is -2.08. The minimum atomic E-state index is -0.528. The molecule has 0 aromatic rings. The summed E-state index contributed by atoms with van der Waals surface area (Å²) in [7, 11) is 0. The Balaban J connectivity index is 3.19. The summed E-state index contributed by atoms with van der Waals surface area (Å²) in [4.78, 5) is 21.7. The minimum Gasteiger partial charge on any atom is -0.379 e. The number of ether oxygens (including phenoxy) is 2. The van der Waals surface area contributed by atoms with Crippen molar-refractivity contribution in [3.63, 3.8) is 0 Å². The third-order valence-corrected chi connectivity index (χ3v) is 2.30. The van der Waals surface area contributed by atoms with Crippen LogP contribution in [-0.4, -0.2) is 58.1 Å². The van der Waals surface area contributed by atoms with Gasteiger partial charge in [0, 0.05) is 26.2 Å². The maximum atomic E-state index is 11.3. The maximum absolute atomic E-state index is 11.3. The highest BCUT2D eigenvalue weighted by atomic mass is 16.5. The van der Waals surface area contributed by atoms with Crippen molar-refractivity contribution in [1.82, 2.24) is 16.0 Å². The molecular formula is C12H26N4O4. The Morgan fingerprint density at radius 1 is 0.900 bits per heavy atom. The number of rotatable bonds is 12. The molecule has 8 heteroatoms. The first-order valence-electron chi connectivity index (χ1n) is 6.87. The van der Waals surface area contributed by atoms with Gasteiger partial charge in [0.25, 0.3) is 0 Å². The van der Waals surface area contributed by atoms with Crippen LogP contribution in [0.15, 0.2) is 0 Å². The van der Waals surface area contributed by atoms with Gasteiger partial charge in [0.1, 0.15) is 0 Å². The molecule has 0 radical (unpaired) electrons. The number of carbonyl (C=O) groups excluding carboxylic acids is 2. The van der Waals surface area contributed by atoms with E-state index in [0.29, 0.717) is 46.1 Å². The second-order valence-corrected chi connectivity index (χ2v) is 3.99. The fraction of sp³-hybridized carbons (Fsp3) is 0.833. The molecule has 0 saturated carbocycles. The van der Waals surface area contributed by atoms with Gasteiger partial charge in [-0.15, -0.1) is 0 Å². The van der Waals surface area contributed by atoms with E-state index in [1.165, 1.54) is 0 Å². The van der Waals surface area contributed by atoms with Crippen molar-refractivity contribution in [2.45, 2.75) is 19.8 Å². The molecule has 8 nitrogen and oxygen atoms in total. The third-order valence-electron chi connectivity index (χ3n) is 2.30. The number of nitrogens with one attached hydrogen (secondary N) is 3. The van der Waals surface area contributed by atoms with Crippen LogP contribution in [0.5, 0.6) is 0 Å². The quantitative estimate of drug-likeness (QED) is 0.372. The van der Waals surface area contributed by atoms with Crippen LogP contribution in [0.25, 0.3) is 0 Å². The van der Waals surface area contributed by atoms with E-state index in [2.05, 4.69) is 16.0 Å². The molecule has 5 N–H and O–H groups in total. The highest BCUT2D eigenvalue weighted by Crippen LogP contribution is 1.84. The van der Waals surface area contributed by atoms with Gasteiger partial charge in [-0.05, 0) is 19.8 Å². The normalized spacial score (nSPS) is 10.1. The lowest BCUT2D eigenvalue weighted by molar-refractivity contribution is 0.0546. The summed E-state index contributed by atoms with van der Waals surface area (Å²) in [5.74, 6) is 0. The van der Waals surface area contributed by atoms with Gasteiger partial charge in [-0.25, -0.2) is 9.59 Å². The number of amides is 4. The summed E-state index contributed by atoms with van der Waals surface area (Å²) in [5, 5.41) is 7.87. The monoisotopic (exact) mass is 290 g/mol. The van der Waals surface area contributed by atoms with Crippen LogP contribution in [0.1, 0.15) is 19.8 Å². The lowest BCUT2D eigenvalue weighted by Crippen LogP contribution is -2.38. The average molecular weight is 290 g/mol. The van der Waals surface area contributed by atoms with Crippen molar-refractivity contribution in [2.75, 3.05) is 46.1 Å². The van der Waals surface area contributed by atoms with Crippen molar-refractivity contribution in [3.05, 3.63) is 0 Å². The Kier molecular flexibility index (Phi) is 12.8. The van der Waals surface area contributed by atoms with Crippen molar-refractivity contribution in [3.8, 4) is 0 Å². The zero-order chi connectivity index (χ0) is 15.1. The molecule has 0 heterocycles. The van der Waals surface area contributed by atoms with Gasteiger partial charge >= 0.3 is 12.1 Å². The second-order valence-electron chi connectivity index (χ2n) is 3.99. The number of unbranched alkanes of at least 4 members (excludes halogenated alkanes) is 1. The Hall–Kier alpha value is -1.54. The van der Waals surface area contributed by atoms with Crippen LogP contribution in [0, 0.1) is 0 Å². The van der Waals surface area contributed by atoms with Gasteiger partial charge in [0.05, 0.1) is 19.8 Å². The molecule has 0 aromatic carbocycles. The first-order valence-corrected chi connectivity index (χ1v) is 6.87. The molecule has 0 bridgehead atoms. The Labute approximate surface area is 119 Å². The van der Waals surface area contributed by atoms with Gasteiger partial charge in [-0.2, -0.15) is 0 Å². The van der Waals surface area contributed by atoms with E-state index in [9.17, 15) is 9.59 Å². The fourth-order valence-corrected chi connectivity index (χ4v) is 1.33. The van der Waals surface area contributed by atoms with Crippen molar-refractivity contribution in [1.29, 1.82) is 0 Å².